The second-order valence-corrected chi connectivity index (χ2v) is 5.93. The van der Waals surface area contributed by atoms with Crippen LogP contribution in [0.1, 0.15) is 35.7 Å². The van der Waals surface area contributed by atoms with Gasteiger partial charge in [-0.2, -0.15) is 0 Å². The number of benzene rings is 1. The zero-order valence-electron chi connectivity index (χ0n) is 12.1. The molecule has 1 fully saturated rings. The van der Waals surface area contributed by atoms with Crippen molar-refractivity contribution in [3.8, 4) is 0 Å². The van der Waals surface area contributed by atoms with Crippen LogP contribution < -0.4 is 10.6 Å². The quantitative estimate of drug-likeness (QED) is 0.880. The second kappa shape index (κ2) is 5.83. The van der Waals surface area contributed by atoms with Gasteiger partial charge in [0.1, 0.15) is 0 Å². The number of fused-ring (bicyclic) bond motifs is 1. The van der Waals surface area contributed by atoms with Crippen LogP contribution in [-0.4, -0.2) is 43.0 Å². The maximum Gasteiger partial charge on any atom is 0.251 e. The highest BCUT2D eigenvalue weighted by atomic mass is 16.1. The largest absolute Gasteiger partial charge is 0.384 e. The molecule has 2 heterocycles. The van der Waals surface area contributed by atoms with Crippen LogP contribution in [0, 0.1) is 0 Å². The van der Waals surface area contributed by atoms with E-state index in [1.165, 1.54) is 37.2 Å². The van der Waals surface area contributed by atoms with Gasteiger partial charge in [-0.25, -0.2) is 0 Å². The molecule has 1 aromatic rings. The van der Waals surface area contributed by atoms with Crippen molar-refractivity contribution in [1.29, 1.82) is 0 Å². The normalized spacial score (nSPS) is 19.4. The predicted octanol–water partition coefficient (Wildman–Crippen LogP) is 1.87. The lowest BCUT2D eigenvalue weighted by Gasteiger charge is -2.21. The maximum atomic E-state index is 12.3. The van der Waals surface area contributed by atoms with Crippen LogP contribution in [0.25, 0.3) is 0 Å². The fraction of sp³-hybridized carbons (Fsp3) is 0.562. The molecule has 1 unspecified atom stereocenters. The Hall–Kier alpha value is -1.55. The number of carbonyl (C=O) groups is 1. The Balaban J connectivity index is 1.58. The van der Waals surface area contributed by atoms with Gasteiger partial charge >= 0.3 is 0 Å². The molecule has 1 saturated heterocycles. The Morgan fingerprint density at radius 3 is 3.00 bits per heavy atom. The van der Waals surface area contributed by atoms with Gasteiger partial charge < -0.3 is 15.5 Å². The molecule has 2 N–H and O–H groups in total. The number of amides is 1. The van der Waals surface area contributed by atoms with Gasteiger partial charge in [0, 0.05) is 30.4 Å². The molecule has 2 aliphatic heterocycles. The summed E-state index contributed by atoms with van der Waals surface area (Å²) in [6.45, 7) is 6.37. The van der Waals surface area contributed by atoms with Crippen molar-refractivity contribution in [3.63, 3.8) is 0 Å². The Bertz CT molecular complexity index is 494. The van der Waals surface area contributed by atoms with Crippen LogP contribution >= 0.6 is 0 Å². The average molecular weight is 273 g/mol. The van der Waals surface area contributed by atoms with Crippen LogP contribution in [0.15, 0.2) is 18.2 Å². The second-order valence-electron chi connectivity index (χ2n) is 5.93. The van der Waals surface area contributed by atoms with Crippen LogP contribution in [0.4, 0.5) is 5.69 Å². The van der Waals surface area contributed by atoms with E-state index in [0.29, 0.717) is 0 Å². The van der Waals surface area contributed by atoms with Crippen molar-refractivity contribution < 1.29 is 4.79 Å². The first kappa shape index (κ1) is 13.4. The predicted molar refractivity (Wildman–Crippen MR) is 81.2 cm³/mol. The molecule has 108 valence electrons. The van der Waals surface area contributed by atoms with E-state index in [0.717, 1.165) is 25.1 Å². The van der Waals surface area contributed by atoms with Crippen LogP contribution in [0.2, 0.25) is 0 Å². The Morgan fingerprint density at radius 2 is 2.20 bits per heavy atom. The monoisotopic (exact) mass is 273 g/mol. The molecule has 3 rings (SSSR count). The van der Waals surface area contributed by atoms with E-state index in [1.807, 2.05) is 18.2 Å². The third-order valence-corrected chi connectivity index (χ3v) is 4.19. The summed E-state index contributed by atoms with van der Waals surface area (Å²) < 4.78 is 0. The summed E-state index contributed by atoms with van der Waals surface area (Å²) in [5.74, 6) is 0.0476. The van der Waals surface area contributed by atoms with Crippen molar-refractivity contribution in [2.75, 3.05) is 31.5 Å². The highest BCUT2D eigenvalue weighted by Gasteiger charge is 2.18. The summed E-state index contributed by atoms with van der Waals surface area (Å²) in [6.07, 6.45) is 3.59. The van der Waals surface area contributed by atoms with Gasteiger partial charge in [0.05, 0.1) is 0 Å². The Kier molecular flexibility index (Phi) is 3.92. The van der Waals surface area contributed by atoms with Crippen molar-refractivity contribution in [2.45, 2.75) is 32.2 Å². The fourth-order valence-corrected chi connectivity index (χ4v) is 3.15. The fourth-order valence-electron chi connectivity index (χ4n) is 3.15. The summed E-state index contributed by atoms with van der Waals surface area (Å²) in [4.78, 5) is 14.7. The zero-order chi connectivity index (χ0) is 13.9. The summed E-state index contributed by atoms with van der Waals surface area (Å²) >= 11 is 0. The van der Waals surface area contributed by atoms with Crippen LogP contribution in [0.5, 0.6) is 0 Å². The van der Waals surface area contributed by atoms with E-state index in [-0.39, 0.29) is 11.9 Å². The van der Waals surface area contributed by atoms with Crippen molar-refractivity contribution in [3.05, 3.63) is 29.3 Å². The number of likely N-dealkylation sites (tertiary alicyclic amines) is 1. The average Bonchev–Trinajstić information content (AvgIpc) is 3.07. The van der Waals surface area contributed by atoms with Gasteiger partial charge in [0.25, 0.3) is 5.91 Å². The van der Waals surface area contributed by atoms with E-state index in [2.05, 4.69) is 22.5 Å². The summed E-state index contributed by atoms with van der Waals surface area (Å²) in [7, 11) is 0. The molecule has 20 heavy (non-hydrogen) atoms. The molecule has 1 aromatic carbocycles. The Morgan fingerprint density at radius 1 is 1.40 bits per heavy atom. The first-order valence-electron chi connectivity index (χ1n) is 7.62. The number of hydrogen-bond donors (Lipinski definition) is 2. The molecule has 0 aliphatic carbocycles. The Labute approximate surface area is 120 Å². The van der Waals surface area contributed by atoms with Gasteiger partial charge in [-0.3, -0.25) is 4.79 Å². The molecule has 0 spiro atoms. The molecule has 1 amide bonds. The minimum atomic E-state index is 0.0476. The summed E-state index contributed by atoms with van der Waals surface area (Å²) in [5.41, 5.74) is 3.21. The van der Waals surface area contributed by atoms with E-state index >= 15 is 0 Å². The van der Waals surface area contributed by atoms with Crippen LogP contribution in [-0.2, 0) is 6.42 Å². The first-order valence-corrected chi connectivity index (χ1v) is 7.62. The van der Waals surface area contributed by atoms with Gasteiger partial charge in [-0.05, 0) is 63.0 Å². The number of anilines is 1. The number of nitrogens with zero attached hydrogens (tertiary/aromatic N) is 1. The lowest BCUT2D eigenvalue weighted by Crippen LogP contribution is -2.41. The lowest BCUT2D eigenvalue weighted by molar-refractivity contribution is 0.0932. The van der Waals surface area contributed by atoms with E-state index in [1.54, 1.807) is 0 Å². The molecule has 2 aliphatic rings. The lowest BCUT2D eigenvalue weighted by atomic mass is 10.1. The van der Waals surface area contributed by atoms with E-state index < -0.39 is 0 Å². The van der Waals surface area contributed by atoms with Gasteiger partial charge in [-0.1, -0.05) is 0 Å². The van der Waals surface area contributed by atoms with Gasteiger partial charge in [-0.15, -0.1) is 0 Å². The molecule has 4 heteroatoms. The highest BCUT2D eigenvalue weighted by Crippen LogP contribution is 2.23. The molecule has 0 aromatic heterocycles. The number of hydrogen-bond acceptors (Lipinski definition) is 3. The summed E-state index contributed by atoms with van der Waals surface area (Å²) in [6, 6.07) is 6.15. The molecular weight excluding hydrogens is 250 g/mol. The smallest absolute Gasteiger partial charge is 0.251 e. The third kappa shape index (κ3) is 2.96. The first-order chi connectivity index (χ1) is 9.72. The van der Waals surface area contributed by atoms with E-state index in [9.17, 15) is 4.79 Å². The molecule has 0 bridgehead atoms. The minimum Gasteiger partial charge on any atom is -0.384 e. The van der Waals surface area contributed by atoms with Crippen LogP contribution in [0.3, 0.4) is 0 Å². The van der Waals surface area contributed by atoms with Gasteiger partial charge in [0.15, 0.2) is 0 Å². The minimum absolute atomic E-state index is 0.0476. The molecule has 4 nitrogen and oxygen atoms in total. The SMILES string of the molecule is CC(CN1CCCC1)NC(=O)c1ccc2c(c1)CCN2. The number of rotatable bonds is 4. The van der Waals surface area contributed by atoms with Crippen molar-refractivity contribution in [2.24, 2.45) is 0 Å². The van der Waals surface area contributed by atoms with E-state index in [4.69, 9.17) is 0 Å². The standard InChI is InChI=1S/C16H23N3O/c1-12(11-19-8-2-3-9-19)18-16(20)14-4-5-15-13(10-14)6-7-17-15/h4-5,10,12,17H,2-3,6-9,11H2,1H3,(H,18,20). The molecule has 0 saturated carbocycles. The van der Waals surface area contributed by atoms with Crippen molar-refractivity contribution in [1.82, 2.24) is 10.2 Å². The highest BCUT2D eigenvalue weighted by molar-refractivity contribution is 5.95. The number of nitrogens with one attached hydrogen (secondary N) is 2. The summed E-state index contributed by atoms with van der Waals surface area (Å²) in [5, 5.41) is 6.43. The molecular formula is C16H23N3O. The topological polar surface area (TPSA) is 44.4 Å². The zero-order valence-corrected chi connectivity index (χ0v) is 12.1. The third-order valence-electron chi connectivity index (χ3n) is 4.19. The number of carbonyl (C=O) groups excluding carboxylic acids is 1. The maximum absolute atomic E-state index is 12.3. The molecule has 1 atom stereocenters. The van der Waals surface area contributed by atoms with Gasteiger partial charge in [0.2, 0.25) is 0 Å². The van der Waals surface area contributed by atoms with Crippen molar-refractivity contribution >= 4 is 11.6 Å². The molecule has 0 radical (unpaired) electrons.